The maximum Gasteiger partial charge on any atom is 0.417 e. The van der Waals surface area contributed by atoms with Crippen molar-refractivity contribution >= 4 is 27.5 Å². The Balaban J connectivity index is 3.15. The Morgan fingerprint density at radius 1 is 1.31 bits per heavy atom. The van der Waals surface area contributed by atoms with Gasteiger partial charge in [0.15, 0.2) is 0 Å². The van der Waals surface area contributed by atoms with E-state index >= 15 is 0 Å². The van der Waals surface area contributed by atoms with Crippen LogP contribution in [-0.4, -0.2) is 5.88 Å². The smallest absolute Gasteiger partial charge is 0.166 e. The summed E-state index contributed by atoms with van der Waals surface area (Å²) >= 11 is 8.39. The first-order valence-electron chi connectivity index (χ1n) is 4.36. The van der Waals surface area contributed by atoms with Crippen molar-refractivity contribution in [3.8, 4) is 11.8 Å². The molecule has 1 rings (SSSR count). The lowest BCUT2D eigenvalue weighted by Crippen LogP contribution is -2.07. The lowest BCUT2D eigenvalue weighted by Gasteiger charge is -2.09. The van der Waals surface area contributed by atoms with E-state index in [2.05, 4.69) is 27.8 Å². The number of rotatable bonds is 1. The number of hydrogen-bond donors (Lipinski definition) is 0. The molecule has 0 amide bonds. The molecule has 0 aliphatic heterocycles. The summed E-state index contributed by atoms with van der Waals surface area (Å²) in [6, 6.07) is 3.89. The first-order valence-corrected chi connectivity index (χ1v) is 5.69. The third-order valence-corrected chi connectivity index (χ3v) is 2.41. The summed E-state index contributed by atoms with van der Waals surface area (Å²) in [6.07, 6.45) is -4.02. The molecule has 16 heavy (non-hydrogen) atoms. The molecule has 0 aliphatic rings. The van der Waals surface area contributed by atoms with Crippen LogP contribution in [0, 0.1) is 11.8 Å². The van der Waals surface area contributed by atoms with Gasteiger partial charge in [-0.1, -0.05) is 27.8 Å². The predicted octanol–water partition coefficient (Wildman–Crippen LogP) is 4.45. The molecule has 0 nitrogen and oxygen atoms in total. The fourth-order valence-electron chi connectivity index (χ4n) is 1.06. The Morgan fingerprint density at radius 2 is 2.00 bits per heavy atom. The largest absolute Gasteiger partial charge is 0.417 e. The quantitative estimate of drug-likeness (QED) is 0.531. The highest BCUT2D eigenvalue weighted by Crippen LogP contribution is 2.33. The van der Waals surface area contributed by atoms with E-state index in [9.17, 15) is 13.2 Å². The minimum absolute atomic E-state index is 0.0270. The van der Waals surface area contributed by atoms with Gasteiger partial charge in [-0.2, -0.15) is 13.2 Å². The summed E-state index contributed by atoms with van der Waals surface area (Å²) in [5, 5.41) is 0. The van der Waals surface area contributed by atoms with Crippen LogP contribution in [0.25, 0.3) is 0 Å². The Hall–Kier alpha value is -0.660. The average Bonchev–Trinajstić information content (AvgIpc) is 2.19. The highest BCUT2D eigenvalue weighted by Gasteiger charge is 2.33. The molecule has 0 fully saturated rings. The van der Waals surface area contributed by atoms with Gasteiger partial charge in [-0.25, -0.2) is 0 Å². The molecule has 0 atom stereocenters. The van der Waals surface area contributed by atoms with Gasteiger partial charge < -0.3 is 0 Å². The summed E-state index contributed by atoms with van der Waals surface area (Å²) < 4.78 is 38.2. The lowest BCUT2D eigenvalue weighted by atomic mass is 10.1. The van der Waals surface area contributed by atoms with Crippen molar-refractivity contribution < 1.29 is 13.2 Å². The van der Waals surface area contributed by atoms with Crippen molar-refractivity contribution in [3.63, 3.8) is 0 Å². The van der Waals surface area contributed by atoms with Gasteiger partial charge in [0.2, 0.25) is 0 Å². The molecule has 1 aromatic carbocycles. The van der Waals surface area contributed by atoms with Crippen molar-refractivity contribution in [2.24, 2.45) is 0 Å². The van der Waals surface area contributed by atoms with Crippen LogP contribution in [0.4, 0.5) is 13.2 Å². The van der Waals surface area contributed by atoms with Gasteiger partial charge in [0.1, 0.15) is 0 Å². The van der Waals surface area contributed by atoms with Crippen LogP contribution in [0.15, 0.2) is 22.7 Å². The molecule has 0 saturated heterocycles. The third-order valence-electron chi connectivity index (χ3n) is 1.73. The molecule has 0 unspecified atom stereocenters. The predicted molar refractivity (Wildman–Crippen MR) is 61.4 cm³/mol. The Bertz CT molecular complexity index is 429. The van der Waals surface area contributed by atoms with Crippen molar-refractivity contribution in [3.05, 3.63) is 33.8 Å². The van der Waals surface area contributed by atoms with E-state index in [0.29, 0.717) is 16.8 Å². The second kappa shape index (κ2) is 5.60. The Kier molecular flexibility index (Phi) is 4.69. The van der Waals surface area contributed by atoms with E-state index in [1.807, 2.05) is 0 Å². The van der Waals surface area contributed by atoms with Crippen LogP contribution in [0.5, 0.6) is 0 Å². The molecular weight excluding hydrogens is 304 g/mol. The first kappa shape index (κ1) is 13.4. The maximum atomic E-state index is 12.6. The number of halogens is 5. The summed E-state index contributed by atoms with van der Waals surface area (Å²) in [5.74, 6) is 5.37. The average molecular weight is 312 g/mol. The topological polar surface area (TPSA) is 0 Å². The zero-order valence-corrected chi connectivity index (χ0v) is 10.4. The third kappa shape index (κ3) is 3.73. The minimum Gasteiger partial charge on any atom is -0.166 e. The monoisotopic (exact) mass is 310 g/mol. The number of alkyl halides is 4. The molecular formula is C11H7BrClF3. The molecule has 1 aromatic rings. The van der Waals surface area contributed by atoms with Gasteiger partial charge in [0.05, 0.1) is 5.56 Å². The molecule has 0 radical (unpaired) electrons. The summed E-state index contributed by atoms with van der Waals surface area (Å²) in [5.41, 5.74) is -0.759. The van der Waals surface area contributed by atoms with Gasteiger partial charge in [0, 0.05) is 22.3 Å². The highest BCUT2D eigenvalue weighted by atomic mass is 79.9. The standard InChI is InChI=1S/C11H7BrClF3/c12-9-5-4-8(3-1-2-6-13)10(7-9)11(14,15)16/h4-5,7H,2,6H2. The summed E-state index contributed by atoms with van der Waals surface area (Å²) in [7, 11) is 0. The highest BCUT2D eigenvalue weighted by molar-refractivity contribution is 9.10. The van der Waals surface area contributed by atoms with Crippen molar-refractivity contribution in [2.75, 3.05) is 5.88 Å². The fraction of sp³-hybridized carbons (Fsp3) is 0.273. The molecule has 0 aromatic heterocycles. The van der Waals surface area contributed by atoms with Crippen LogP contribution in [0.2, 0.25) is 0 Å². The minimum atomic E-state index is -4.39. The zero-order chi connectivity index (χ0) is 12.2. The lowest BCUT2D eigenvalue weighted by molar-refractivity contribution is -0.137. The second-order valence-corrected chi connectivity index (χ2v) is 4.22. The van der Waals surface area contributed by atoms with Crippen LogP contribution in [0.1, 0.15) is 17.5 Å². The fourth-order valence-corrected chi connectivity index (χ4v) is 1.52. The van der Waals surface area contributed by atoms with E-state index < -0.39 is 11.7 Å². The van der Waals surface area contributed by atoms with Gasteiger partial charge in [0.25, 0.3) is 0 Å². The van der Waals surface area contributed by atoms with E-state index in [0.717, 1.165) is 6.07 Å². The maximum absolute atomic E-state index is 12.6. The Morgan fingerprint density at radius 3 is 2.56 bits per heavy atom. The van der Waals surface area contributed by atoms with Gasteiger partial charge in [-0.3, -0.25) is 0 Å². The molecule has 0 heterocycles. The van der Waals surface area contributed by atoms with E-state index in [4.69, 9.17) is 11.6 Å². The van der Waals surface area contributed by atoms with Crippen molar-refractivity contribution in [1.82, 2.24) is 0 Å². The van der Waals surface area contributed by atoms with Crippen molar-refractivity contribution in [1.29, 1.82) is 0 Å². The normalized spacial score (nSPS) is 10.8. The van der Waals surface area contributed by atoms with Crippen LogP contribution in [-0.2, 0) is 6.18 Å². The zero-order valence-electron chi connectivity index (χ0n) is 8.04. The molecule has 0 spiro atoms. The van der Waals surface area contributed by atoms with E-state index in [1.54, 1.807) is 0 Å². The molecule has 5 heteroatoms. The molecule has 0 aliphatic carbocycles. The molecule has 0 bridgehead atoms. The number of hydrogen-bond acceptors (Lipinski definition) is 0. The second-order valence-electron chi connectivity index (χ2n) is 2.93. The van der Waals surface area contributed by atoms with E-state index in [1.165, 1.54) is 12.1 Å². The summed E-state index contributed by atoms with van der Waals surface area (Å²) in [4.78, 5) is 0. The van der Waals surface area contributed by atoms with Crippen molar-refractivity contribution in [2.45, 2.75) is 12.6 Å². The van der Waals surface area contributed by atoms with E-state index in [-0.39, 0.29) is 5.56 Å². The van der Waals surface area contributed by atoms with Gasteiger partial charge in [-0.05, 0) is 18.2 Å². The SMILES string of the molecule is FC(F)(F)c1cc(Br)ccc1C#CCCCl. The van der Waals surface area contributed by atoms with Crippen LogP contribution < -0.4 is 0 Å². The van der Waals surface area contributed by atoms with Gasteiger partial charge in [-0.15, -0.1) is 11.6 Å². The first-order chi connectivity index (χ1) is 7.45. The molecule has 0 N–H and O–H groups in total. The number of benzene rings is 1. The molecule has 86 valence electrons. The van der Waals surface area contributed by atoms with Gasteiger partial charge >= 0.3 is 6.18 Å². The van der Waals surface area contributed by atoms with Crippen LogP contribution >= 0.6 is 27.5 Å². The Labute approximate surface area is 105 Å². The van der Waals surface area contributed by atoms with Crippen LogP contribution in [0.3, 0.4) is 0 Å². The summed E-state index contributed by atoms with van der Waals surface area (Å²) in [6.45, 7) is 0. The molecule has 0 saturated carbocycles.